The molecule has 1 fully saturated rings. The maximum absolute atomic E-state index is 5.90. The zero-order valence-electron chi connectivity index (χ0n) is 10.4. The zero-order valence-corrected chi connectivity index (χ0v) is 11.1. The van der Waals surface area contributed by atoms with E-state index in [-0.39, 0.29) is 6.10 Å². The molecular formula is C11H18ClN3O2. The smallest absolute Gasteiger partial charge is 0.163 e. The van der Waals surface area contributed by atoms with Crippen molar-refractivity contribution in [2.24, 2.45) is 7.05 Å². The quantitative estimate of drug-likeness (QED) is 0.886. The Morgan fingerprint density at radius 1 is 1.65 bits per heavy atom. The first-order valence-corrected chi connectivity index (χ1v) is 6.04. The predicted molar refractivity (Wildman–Crippen MR) is 64.8 cm³/mol. The van der Waals surface area contributed by atoms with Crippen molar-refractivity contribution in [3.05, 3.63) is 17.2 Å². The molecule has 96 valence electrons. The highest BCUT2D eigenvalue weighted by Gasteiger charge is 2.32. The Hall–Kier alpha value is -0.620. The molecular weight excluding hydrogens is 242 g/mol. The van der Waals surface area contributed by atoms with Crippen LogP contribution in [0.4, 0.5) is 0 Å². The van der Waals surface area contributed by atoms with E-state index in [0.717, 1.165) is 12.4 Å². The SMILES string of the molecule is Cn1c(Cl)cnc1CNCC1COC(C)(C)O1. The Kier molecular flexibility index (Phi) is 3.73. The number of nitrogens with zero attached hydrogens (tertiary/aromatic N) is 2. The summed E-state index contributed by atoms with van der Waals surface area (Å²) in [5.74, 6) is 0.451. The highest BCUT2D eigenvalue weighted by Crippen LogP contribution is 2.21. The van der Waals surface area contributed by atoms with Crippen LogP contribution in [0.15, 0.2) is 6.20 Å². The van der Waals surface area contributed by atoms with E-state index in [1.807, 2.05) is 25.5 Å². The number of halogens is 1. The number of aromatic nitrogens is 2. The van der Waals surface area contributed by atoms with Gasteiger partial charge in [0.25, 0.3) is 0 Å². The Labute approximate surface area is 106 Å². The second kappa shape index (κ2) is 4.94. The topological polar surface area (TPSA) is 48.3 Å². The molecule has 0 aromatic carbocycles. The minimum absolute atomic E-state index is 0.0979. The fourth-order valence-electron chi connectivity index (χ4n) is 1.80. The van der Waals surface area contributed by atoms with Crippen molar-refractivity contribution in [3.8, 4) is 0 Å². The van der Waals surface area contributed by atoms with Crippen molar-refractivity contribution in [3.63, 3.8) is 0 Å². The summed E-state index contributed by atoms with van der Waals surface area (Å²) in [5, 5.41) is 3.93. The first-order valence-electron chi connectivity index (χ1n) is 5.66. The molecule has 0 radical (unpaired) electrons. The summed E-state index contributed by atoms with van der Waals surface area (Å²) in [5.41, 5.74) is 0. The molecule has 1 atom stereocenters. The van der Waals surface area contributed by atoms with Crippen molar-refractivity contribution in [2.45, 2.75) is 32.3 Å². The van der Waals surface area contributed by atoms with Gasteiger partial charge in [-0.3, -0.25) is 0 Å². The summed E-state index contributed by atoms with van der Waals surface area (Å²) in [6.07, 6.45) is 1.75. The van der Waals surface area contributed by atoms with Crippen LogP contribution in [0.2, 0.25) is 5.15 Å². The Morgan fingerprint density at radius 2 is 2.41 bits per heavy atom. The van der Waals surface area contributed by atoms with Crippen LogP contribution >= 0.6 is 11.6 Å². The van der Waals surface area contributed by atoms with Gasteiger partial charge in [-0.15, -0.1) is 0 Å². The molecule has 1 N–H and O–H groups in total. The standard InChI is InChI=1S/C11H18ClN3O2/c1-11(2)16-7-8(17-11)4-13-6-10-14-5-9(12)15(10)3/h5,8,13H,4,6-7H2,1-3H3. The van der Waals surface area contributed by atoms with Gasteiger partial charge in [-0.05, 0) is 13.8 Å². The van der Waals surface area contributed by atoms with Crippen LogP contribution in [-0.2, 0) is 23.1 Å². The highest BCUT2D eigenvalue weighted by atomic mass is 35.5. The molecule has 5 nitrogen and oxygen atoms in total. The molecule has 0 amide bonds. The number of hydrogen-bond donors (Lipinski definition) is 1. The minimum atomic E-state index is -0.459. The van der Waals surface area contributed by atoms with Crippen LogP contribution in [0.5, 0.6) is 0 Å². The van der Waals surface area contributed by atoms with Crippen LogP contribution in [0.1, 0.15) is 19.7 Å². The van der Waals surface area contributed by atoms with E-state index in [0.29, 0.717) is 18.3 Å². The summed E-state index contributed by atoms with van der Waals surface area (Å²) >= 11 is 5.90. The third-order valence-electron chi connectivity index (χ3n) is 2.75. The first-order chi connectivity index (χ1) is 7.98. The maximum Gasteiger partial charge on any atom is 0.163 e. The second-order valence-electron chi connectivity index (χ2n) is 4.64. The molecule has 2 rings (SSSR count). The molecule has 6 heteroatoms. The lowest BCUT2D eigenvalue weighted by atomic mass is 10.3. The van der Waals surface area contributed by atoms with Gasteiger partial charge >= 0.3 is 0 Å². The van der Waals surface area contributed by atoms with E-state index in [1.54, 1.807) is 6.20 Å². The summed E-state index contributed by atoms with van der Waals surface area (Å²) < 4.78 is 13.0. The molecule has 0 bridgehead atoms. The van der Waals surface area contributed by atoms with Gasteiger partial charge < -0.3 is 19.4 Å². The average Bonchev–Trinajstić information content (AvgIpc) is 2.75. The number of hydrogen-bond acceptors (Lipinski definition) is 4. The van der Waals surface area contributed by atoms with E-state index in [2.05, 4.69) is 10.3 Å². The highest BCUT2D eigenvalue weighted by molar-refractivity contribution is 6.29. The van der Waals surface area contributed by atoms with E-state index in [1.165, 1.54) is 0 Å². The molecule has 0 spiro atoms. The van der Waals surface area contributed by atoms with Crippen molar-refractivity contribution in [1.82, 2.24) is 14.9 Å². The van der Waals surface area contributed by atoms with Crippen LogP contribution in [0, 0.1) is 0 Å². The zero-order chi connectivity index (χ0) is 12.5. The number of imidazole rings is 1. The molecule has 1 aromatic heterocycles. The Morgan fingerprint density at radius 3 is 2.94 bits per heavy atom. The van der Waals surface area contributed by atoms with E-state index < -0.39 is 5.79 Å². The molecule has 17 heavy (non-hydrogen) atoms. The minimum Gasteiger partial charge on any atom is -0.348 e. The lowest BCUT2D eigenvalue weighted by Gasteiger charge is -2.17. The van der Waals surface area contributed by atoms with Gasteiger partial charge in [0.05, 0.1) is 25.5 Å². The van der Waals surface area contributed by atoms with Crippen molar-refractivity contribution in [1.29, 1.82) is 0 Å². The molecule has 1 saturated heterocycles. The molecule has 0 aliphatic carbocycles. The van der Waals surface area contributed by atoms with Crippen molar-refractivity contribution in [2.75, 3.05) is 13.2 Å². The van der Waals surface area contributed by atoms with E-state index >= 15 is 0 Å². The number of rotatable bonds is 4. The first kappa shape index (κ1) is 12.8. The third-order valence-corrected chi connectivity index (χ3v) is 3.10. The van der Waals surface area contributed by atoms with Gasteiger partial charge in [0.1, 0.15) is 11.0 Å². The number of nitrogens with one attached hydrogen (secondary N) is 1. The maximum atomic E-state index is 5.90. The van der Waals surface area contributed by atoms with Gasteiger partial charge in [-0.25, -0.2) is 4.98 Å². The molecule has 1 aliphatic rings. The van der Waals surface area contributed by atoms with Crippen LogP contribution in [-0.4, -0.2) is 34.6 Å². The summed E-state index contributed by atoms with van der Waals surface area (Å²) in [7, 11) is 1.89. The van der Waals surface area contributed by atoms with E-state index in [9.17, 15) is 0 Å². The van der Waals surface area contributed by atoms with E-state index in [4.69, 9.17) is 21.1 Å². The summed E-state index contributed by atoms with van der Waals surface area (Å²) in [6.45, 7) is 5.88. The lowest BCUT2D eigenvalue weighted by molar-refractivity contribution is -0.137. The van der Waals surface area contributed by atoms with Crippen LogP contribution < -0.4 is 5.32 Å². The molecule has 1 unspecified atom stereocenters. The monoisotopic (exact) mass is 259 g/mol. The van der Waals surface area contributed by atoms with Crippen molar-refractivity contribution >= 4 is 11.6 Å². The largest absolute Gasteiger partial charge is 0.348 e. The Balaban J connectivity index is 1.75. The average molecular weight is 260 g/mol. The van der Waals surface area contributed by atoms with Gasteiger partial charge in [0, 0.05) is 13.6 Å². The molecule has 2 heterocycles. The van der Waals surface area contributed by atoms with Crippen LogP contribution in [0.3, 0.4) is 0 Å². The van der Waals surface area contributed by atoms with Gasteiger partial charge in [-0.1, -0.05) is 11.6 Å². The predicted octanol–water partition coefficient (Wildman–Crippen LogP) is 1.31. The Bertz CT molecular complexity index is 392. The lowest BCUT2D eigenvalue weighted by Crippen LogP contribution is -2.30. The molecule has 0 saturated carbocycles. The third kappa shape index (κ3) is 3.19. The normalized spacial score (nSPS) is 23.2. The molecule has 1 aliphatic heterocycles. The second-order valence-corrected chi connectivity index (χ2v) is 5.03. The molecule has 1 aromatic rings. The van der Waals surface area contributed by atoms with Gasteiger partial charge in [0.2, 0.25) is 0 Å². The van der Waals surface area contributed by atoms with Crippen molar-refractivity contribution < 1.29 is 9.47 Å². The summed E-state index contributed by atoms with van der Waals surface area (Å²) in [4.78, 5) is 4.20. The fourth-order valence-corrected chi connectivity index (χ4v) is 1.94. The number of ether oxygens (including phenoxy) is 2. The summed E-state index contributed by atoms with van der Waals surface area (Å²) in [6, 6.07) is 0. The van der Waals surface area contributed by atoms with Gasteiger partial charge in [-0.2, -0.15) is 0 Å². The fraction of sp³-hybridized carbons (Fsp3) is 0.727. The van der Waals surface area contributed by atoms with Crippen LogP contribution in [0.25, 0.3) is 0 Å². The van der Waals surface area contributed by atoms with Gasteiger partial charge in [0.15, 0.2) is 5.79 Å².